The summed E-state index contributed by atoms with van der Waals surface area (Å²) in [5.41, 5.74) is 2.07. The van der Waals surface area contributed by atoms with Crippen LogP contribution >= 0.6 is 0 Å². The molecule has 1 amide bonds. The van der Waals surface area contributed by atoms with Crippen molar-refractivity contribution in [1.82, 2.24) is 20.6 Å². The third-order valence-corrected chi connectivity index (χ3v) is 3.32. The number of carbonyl (C=O) groups is 1. The van der Waals surface area contributed by atoms with Gasteiger partial charge in [-0.15, -0.1) is 0 Å². The number of imidazole rings is 1. The molecule has 0 aromatic carbocycles. The van der Waals surface area contributed by atoms with Crippen molar-refractivity contribution in [2.24, 2.45) is 0 Å². The third-order valence-electron chi connectivity index (χ3n) is 3.32. The predicted molar refractivity (Wildman–Crippen MR) is 60.3 cm³/mol. The highest BCUT2D eigenvalue weighted by molar-refractivity contribution is 5.82. The van der Waals surface area contributed by atoms with Gasteiger partial charge in [-0.1, -0.05) is 0 Å². The Kier molecular flexibility index (Phi) is 2.82. The largest absolute Gasteiger partial charge is 0.379 e. The lowest BCUT2D eigenvalue weighted by molar-refractivity contribution is -0.124. The van der Waals surface area contributed by atoms with E-state index in [1.54, 1.807) is 6.33 Å². The van der Waals surface area contributed by atoms with Crippen molar-refractivity contribution >= 4 is 5.91 Å². The molecule has 17 heavy (non-hydrogen) atoms. The van der Waals surface area contributed by atoms with Crippen LogP contribution in [0, 0.1) is 0 Å². The van der Waals surface area contributed by atoms with Gasteiger partial charge in [-0.05, 0) is 6.42 Å². The summed E-state index contributed by atoms with van der Waals surface area (Å²) < 4.78 is 5.24. The second-order valence-corrected chi connectivity index (χ2v) is 4.53. The lowest BCUT2D eigenvalue weighted by Crippen LogP contribution is -2.50. The van der Waals surface area contributed by atoms with E-state index >= 15 is 0 Å². The summed E-state index contributed by atoms with van der Waals surface area (Å²) in [4.78, 5) is 19.3. The molecule has 1 aromatic rings. The highest BCUT2D eigenvalue weighted by Crippen LogP contribution is 2.13. The SMILES string of the molecule is O=C(NC1CCOC1)C1Cc2nc[nH]c2CN1. The summed E-state index contributed by atoms with van der Waals surface area (Å²) in [6.07, 6.45) is 3.24. The van der Waals surface area contributed by atoms with E-state index in [0.717, 1.165) is 24.4 Å². The number of fused-ring (bicyclic) bond motifs is 1. The maximum absolute atomic E-state index is 12.0. The van der Waals surface area contributed by atoms with Gasteiger partial charge in [0.2, 0.25) is 5.91 Å². The molecule has 6 heteroatoms. The Morgan fingerprint density at radius 2 is 2.53 bits per heavy atom. The van der Waals surface area contributed by atoms with Crippen LogP contribution in [-0.2, 0) is 22.5 Å². The average molecular weight is 236 g/mol. The van der Waals surface area contributed by atoms with Crippen molar-refractivity contribution < 1.29 is 9.53 Å². The quantitative estimate of drug-likeness (QED) is 0.636. The Bertz CT molecular complexity index is 411. The Balaban J connectivity index is 1.60. The molecule has 2 unspecified atom stereocenters. The van der Waals surface area contributed by atoms with Crippen LogP contribution in [0.1, 0.15) is 17.8 Å². The van der Waals surface area contributed by atoms with Gasteiger partial charge in [0.25, 0.3) is 0 Å². The van der Waals surface area contributed by atoms with Gasteiger partial charge < -0.3 is 15.0 Å². The molecule has 2 atom stereocenters. The number of amides is 1. The summed E-state index contributed by atoms with van der Waals surface area (Å²) in [6.45, 7) is 2.05. The number of H-pyrrole nitrogens is 1. The first kappa shape index (κ1) is 10.7. The molecule has 2 aliphatic heterocycles. The second kappa shape index (κ2) is 4.46. The van der Waals surface area contributed by atoms with Crippen molar-refractivity contribution in [3.05, 3.63) is 17.7 Å². The molecule has 3 rings (SSSR count). The maximum Gasteiger partial charge on any atom is 0.237 e. The van der Waals surface area contributed by atoms with Crippen molar-refractivity contribution in [3.63, 3.8) is 0 Å². The Labute approximate surface area is 99.1 Å². The number of carbonyl (C=O) groups excluding carboxylic acids is 1. The van der Waals surface area contributed by atoms with Crippen LogP contribution < -0.4 is 10.6 Å². The molecule has 92 valence electrons. The highest BCUT2D eigenvalue weighted by atomic mass is 16.5. The van der Waals surface area contributed by atoms with Crippen LogP contribution in [0.25, 0.3) is 0 Å². The molecule has 1 aromatic heterocycles. The first-order valence-corrected chi connectivity index (χ1v) is 5.95. The predicted octanol–water partition coefficient (Wildman–Crippen LogP) is -0.671. The number of ether oxygens (including phenoxy) is 1. The van der Waals surface area contributed by atoms with Gasteiger partial charge in [-0.2, -0.15) is 0 Å². The summed E-state index contributed by atoms with van der Waals surface area (Å²) in [5.74, 6) is 0.0501. The van der Waals surface area contributed by atoms with E-state index in [9.17, 15) is 4.79 Å². The van der Waals surface area contributed by atoms with Gasteiger partial charge >= 0.3 is 0 Å². The molecule has 0 spiro atoms. The Hall–Kier alpha value is -1.40. The van der Waals surface area contributed by atoms with Crippen molar-refractivity contribution in [1.29, 1.82) is 0 Å². The molecule has 3 N–H and O–H groups in total. The number of hydrogen-bond donors (Lipinski definition) is 3. The van der Waals surface area contributed by atoms with E-state index < -0.39 is 0 Å². The lowest BCUT2D eigenvalue weighted by atomic mass is 10.0. The van der Waals surface area contributed by atoms with E-state index in [4.69, 9.17) is 4.74 Å². The zero-order valence-corrected chi connectivity index (χ0v) is 9.53. The number of aromatic nitrogens is 2. The Morgan fingerprint density at radius 3 is 3.35 bits per heavy atom. The van der Waals surface area contributed by atoms with Gasteiger partial charge in [0.1, 0.15) is 0 Å². The molecule has 0 bridgehead atoms. The fourth-order valence-corrected chi connectivity index (χ4v) is 2.30. The van der Waals surface area contributed by atoms with Gasteiger partial charge in [0, 0.05) is 19.6 Å². The number of rotatable bonds is 2. The highest BCUT2D eigenvalue weighted by Gasteiger charge is 2.28. The van der Waals surface area contributed by atoms with Crippen molar-refractivity contribution in [2.75, 3.05) is 13.2 Å². The fraction of sp³-hybridized carbons (Fsp3) is 0.636. The zero-order chi connectivity index (χ0) is 11.7. The van der Waals surface area contributed by atoms with Crippen LogP contribution in [0.2, 0.25) is 0 Å². The average Bonchev–Trinajstić information content (AvgIpc) is 2.97. The number of hydrogen-bond acceptors (Lipinski definition) is 4. The smallest absolute Gasteiger partial charge is 0.237 e. The Morgan fingerprint density at radius 1 is 1.59 bits per heavy atom. The van der Waals surface area contributed by atoms with Crippen LogP contribution in [-0.4, -0.2) is 41.2 Å². The molecule has 3 heterocycles. The minimum absolute atomic E-state index is 0.0501. The normalized spacial score (nSPS) is 27.8. The minimum atomic E-state index is -0.175. The number of aromatic amines is 1. The van der Waals surface area contributed by atoms with Gasteiger partial charge in [0.05, 0.1) is 36.4 Å². The number of nitrogens with one attached hydrogen (secondary N) is 3. The van der Waals surface area contributed by atoms with E-state index in [0.29, 0.717) is 19.6 Å². The molecule has 1 saturated heterocycles. The topological polar surface area (TPSA) is 79.0 Å². The van der Waals surface area contributed by atoms with Gasteiger partial charge in [-0.3, -0.25) is 10.1 Å². The van der Waals surface area contributed by atoms with E-state index in [1.807, 2.05) is 0 Å². The molecule has 6 nitrogen and oxygen atoms in total. The van der Waals surface area contributed by atoms with Gasteiger partial charge in [0.15, 0.2) is 0 Å². The summed E-state index contributed by atoms with van der Waals surface area (Å²) in [5, 5.41) is 6.22. The lowest BCUT2D eigenvalue weighted by Gasteiger charge is -2.23. The molecular weight excluding hydrogens is 220 g/mol. The minimum Gasteiger partial charge on any atom is -0.379 e. The fourth-order valence-electron chi connectivity index (χ4n) is 2.30. The number of nitrogens with zero attached hydrogens (tertiary/aromatic N) is 1. The summed E-state index contributed by atoms with van der Waals surface area (Å²) >= 11 is 0. The van der Waals surface area contributed by atoms with E-state index in [1.165, 1.54) is 0 Å². The van der Waals surface area contributed by atoms with Crippen LogP contribution in [0.3, 0.4) is 0 Å². The van der Waals surface area contributed by atoms with Crippen molar-refractivity contribution in [3.8, 4) is 0 Å². The molecule has 0 saturated carbocycles. The monoisotopic (exact) mass is 236 g/mol. The van der Waals surface area contributed by atoms with Crippen LogP contribution in [0.4, 0.5) is 0 Å². The molecular formula is C11H16N4O2. The van der Waals surface area contributed by atoms with E-state index in [-0.39, 0.29) is 18.0 Å². The van der Waals surface area contributed by atoms with Crippen molar-refractivity contribution in [2.45, 2.75) is 31.5 Å². The third kappa shape index (κ3) is 2.18. The molecule has 0 radical (unpaired) electrons. The first-order chi connectivity index (χ1) is 8.33. The molecule has 0 aliphatic carbocycles. The molecule has 1 fully saturated rings. The van der Waals surface area contributed by atoms with Crippen LogP contribution in [0.15, 0.2) is 6.33 Å². The molecule has 2 aliphatic rings. The standard InChI is InChI=1S/C11H16N4O2/c16-11(15-7-1-2-17-5-7)9-3-8-10(4-12-9)14-6-13-8/h6-7,9,12H,1-5H2,(H,13,14)(H,15,16). The van der Waals surface area contributed by atoms with Gasteiger partial charge in [-0.25, -0.2) is 4.98 Å². The zero-order valence-electron chi connectivity index (χ0n) is 9.53. The van der Waals surface area contributed by atoms with E-state index in [2.05, 4.69) is 20.6 Å². The summed E-state index contributed by atoms with van der Waals surface area (Å²) in [7, 11) is 0. The van der Waals surface area contributed by atoms with Crippen LogP contribution in [0.5, 0.6) is 0 Å². The first-order valence-electron chi connectivity index (χ1n) is 5.95. The maximum atomic E-state index is 12.0. The second-order valence-electron chi connectivity index (χ2n) is 4.53. The summed E-state index contributed by atoms with van der Waals surface area (Å²) in [6, 6.07) is -0.00344.